The third-order valence-corrected chi connectivity index (χ3v) is 14.0. The molecule has 0 saturated heterocycles. The van der Waals surface area contributed by atoms with Crippen LogP contribution in [-0.4, -0.2) is 18.3 Å². The number of fused-ring (bicyclic) bond motifs is 14. The van der Waals surface area contributed by atoms with Crippen molar-refractivity contribution in [2.45, 2.75) is 6.18 Å². The first-order valence-electron chi connectivity index (χ1n) is 23.0. The quantitative estimate of drug-likeness (QED) is 0.153. The van der Waals surface area contributed by atoms with Crippen LogP contribution in [0.1, 0.15) is 5.56 Å². The van der Waals surface area contributed by atoms with Gasteiger partial charge in [-0.3, -0.25) is 0 Å². The van der Waals surface area contributed by atoms with Crippen LogP contribution in [0, 0.1) is 11.6 Å². The smallest absolute Gasteiger partial charge is 0.307 e. The highest BCUT2D eigenvalue weighted by atomic mass is 19.4. The molecule has 0 atom stereocenters. The average molecular weight is 919 g/mol. The summed E-state index contributed by atoms with van der Waals surface area (Å²) in [5.74, 6) is -1.70. The number of alkyl halides is 3. The predicted octanol–water partition coefficient (Wildman–Crippen LogP) is 17.0. The molecule has 0 unspecified atom stereocenters. The summed E-state index contributed by atoms with van der Waals surface area (Å²) in [6, 6.07) is 64.7. The maximum Gasteiger partial charge on any atom is 0.420 e. The third kappa shape index (κ3) is 5.69. The lowest BCUT2D eigenvalue weighted by Gasteiger charge is -2.24. The molecule has 0 radical (unpaired) electrons. The largest absolute Gasteiger partial charge is 0.420 e. The van der Waals surface area contributed by atoms with Crippen molar-refractivity contribution < 1.29 is 22.0 Å². The van der Waals surface area contributed by atoms with E-state index in [1.165, 1.54) is 24.3 Å². The van der Waals surface area contributed by atoms with Crippen molar-refractivity contribution in [2.24, 2.45) is 0 Å². The number of halogens is 5. The van der Waals surface area contributed by atoms with Crippen molar-refractivity contribution in [1.82, 2.24) is 18.3 Å². The number of hydrogen-bond donors (Lipinski definition) is 0. The SMILES string of the molecule is Fc1cc(F)cc(-c2cc(-n3c4ccccc4c4ccc5c6ccccc6n(-c6ccccc6)c5c43)c(C(F)(F)F)c(-n3c4ccccc4c4ccc5c6ccccc6n(-c6ccccc6)c5c43)c2)c1. The monoisotopic (exact) mass is 918 g/mol. The van der Waals surface area contributed by atoms with Crippen molar-refractivity contribution in [3.05, 3.63) is 230 Å². The van der Waals surface area contributed by atoms with Crippen LogP contribution in [0.5, 0.6) is 0 Å². The van der Waals surface area contributed by atoms with E-state index in [-0.39, 0.29) is 22.5 Å². The Balaban J connectivity index is 1.24. The number of nitrogens with zero attached hydrogens (tertiary/aromatic N) is 4. The van der Waals surface area contributed by atoms with Gasteiger partial charge in [0.05, 0.1) is 55.5 Å². The van der Waals surface area contributed by atoms with E-state index < -0.39 is 23.4 Å². The summed E-state index contributed by atoms with van der Waals surface area (Å²) in [7, 11) is 0. The molecular weight excluding hydrogens is 884 g/mol. The van der Waals surface area contributed by atoms with E-state index in [2.05, 4.69) is 9.13 Å². The van der Waals surface area contributed by atoms with E-state index >= 15 is 22.0 Å². The van der Waals surface area contributed by atoms with Gasteiger partial charge in [-0.1, -0.05) is 133 Å². The normalized spacial score (nSPS) is 12.4. The fourth-order valence-corrected chi connectivity index (χ4v) is 11.3. The van der Waals surface area contributed by atoms with E-state index in [4.69, 9.17) is 0 Å². The van der Waals surface area contributed by atoms with Crippen LogP contribution in [0.2, 0.25) is 0 Å². The highest BCUT2D eigenvalue weighted by molar-refractivity contribution is 6.25. The lowest BCUT2D eigenvalue weighted by atomic mass is 9.98. The standard InChI is InChI=1S/C61H35F5N4/c62-38-31-36(32-39(63)35-38)37-33-54(69-52-25-13-9-21-44(52)48-29-27-46-42-19-7-11-23-50(42)67(57(46)59(48)69)40-15-3-1-4-16-40)56(61(64,65)66)55(34-37)70-53-26-14-10-22-45(53)49-30-28-47-43-20-8-12-24-51(43)68(58(47)60(49)70)41-17-5-2-6-18-41/h1-35H. The lowest BCUT2D eigenvalue weighted by Crippen LogP contribution is -2.16. The summed E-state index contributed by atoms with van der Waals surface area (Å²) in [4.78, 5) is 0. The number of para-hydroxylation sites is 6. The van der Waals surface area contributed by atoms with Crippen molar-refractivity contribution in [1.29, 1.82) is 0 Å². The van der Waals surface area contributed by atoms with Gasteiger partial charge >= 0.3 is 6.18 Å². The highest BCUT2D eigenvalue weighted by Crippen LogP contribution is 2.49. The summed E-state index contributed by atoms with van der Waals surface area (Å²) in [6.07, 6.45) is -4.99. The molecule has 4 heterocycles. The Morgan fingerprint density at radius 1 is 0.286 bits per heavy atom. The minimum Gasteiger partial charge on any atom is -0.307 e. The Morgan fingerprint density at radius 3 is 0.943 bits per heavy atom. The Kier molecular flexibility index (Phi) is 8.47. The Bertz CT molecular complexity index is 4210. The Morgan fingerprint density at radius 2 is 0.586 bits per heavy atom. The second-order valence-corrected chi connectivity index (χ2v) is 17.8. The van der Waals surface area contributed by atoms with Gasteiger partial charge in [0.25, 0.3) is 0 Å². The molecule has 4 nitrogen and oxygen atoms in total. The lowest BCUT2D eigenvalue weighted by molar-refractivity contribution is -0.137. The van der Waals surface area contributed by atoms with E-state index in [9.17, 15) is 0 Å². The molecule has 14 aromatic rings. The van der Waals surface area contributed by atoms with Gasteiger partial charge in [0.2, 0.25) is 0 Å². The van der Waals surface area contributed by atoms with E-state index in [1.807, 2.05) is 182 Å². The predicted molar refractivity (Wildman–Crippen MR) is 274 cm³/mol. The molecule has 0 bridgehead atoms. The maximum atomic E-state index is 17.2. The molecule has 0 amide bonds. The molecule has 0 fully saturated rings. The number of hydrogen-bond acceptors (Lipinski definition) is 0. The molecule has 0 aliphatic heterocycles. The minimum atomic E-state index is -4.99. The van der Waals surface area contributed by atoms with Crippen LogP contribution in [0.15, 0.2) is 212 Å². The Labute approximate surface area is 395 Å². The molecule has 0 spiro atoms. The van der Waals surface area contributed by atoms with Gasteiger partial charge in [0.1, 0.15) is 17.2 Å². The third-order valence-electron chi connectivity index (χ3n) is 14.0. The van der Waals surface area contributed by atoms with Crippen LogP contribution in [0.3, 0.4) is 0 Å². The second-order valence-electron chi connectivity index (χ2n) is 17.8. The molecule has 14 rings (SSSR count). The number of rotatable bonds is 5. The summed E-state index contributed by atoms with van der Waals surface area (Å²) >= 11 is 0. The van der Waals surface area contributed by atoms with Gasteiger partial charge in [0, 0.05) is 60.5 Å². The molecule has 9 heteroatoms. The first kappa shape index (κ1) is 40.1. The van der Waals surface area contributed by atoms with E-state index in [0.29, 0.717) is 33.1 Å². The zero-order chi connectivity index (χ0) is 47.0. The first-order valence-corrected chi connectivity index (χ1v) is 23.0. The molecule has 4 aromatic heterocycles. The average Bonchev–Trinajstić information content (AvgIpc) is 4.11. The molecular formula is C61H35F5N4. The zero-order valence-electron chi connectivity index (χ0n) is 36.9. The van der Waals surface area contributed by atoms with Crippen LogP contribution in [-0.2, 0) is 6.18 Å². The highest BCUT2D eigenvalue weighted by Gasteiger charge is 2.40. The fourth-order valence-electron chi connectivity index (χ4n) is 11.3. The van der Waals surface area contributed by atoms with Crippen molar-refractivity contribution in [3.63, 3.8) is 0 Å². The molecule has 0 aliphatic rings. The van der Waals surface area contributed by atoms with Crippen LogP contribution >= 0.6 is 0 Å². The van der Waals surface area contributed by atoms with Crippen molar-refractivity contribution in [2.75, 3.05) is 0 Å². The van der Waals surface area contributed by atoms with Crippen molar-refractivity contribution in [3.8, 4) is 33.9 Å². The first-order chi connectivity index (χ1) is 34.2. The van der Waals surface area contributed by atoms with Gasteiger partial charge in [-0.25, -0.2) is 8.78 Å². The van der Waals surface area contributed by atoms with Crippen LogP contribution < -0.4 is 0 Å². The van der Waals surface area contributed by atoms with Gasteiger partial charge < -0.3 is 18.3 Å². The second kappa shape index (κ2) is 14.8. The summed E-state index contributed by atoms with van der Waals surface area (Å²) in [5, 5.41) is 6.54. The summed E-state index contributed by atoms with van der Waals surface area (Å²) in [6.45, 7) is 0. The molecule has 334 valence electrons. The molecule has 10 aromatic carbocycles. The molecule has 0 N–H and O–H groups in total. The number of aromatic nitrogens is 4. The van der Waals surface area contributed by atoms with E-state index in [0.717, 1.165) is 71.6 Å². The summed E-state index contributed by atoms with van der Waals surface area (Å²) < 4.78 is 90.4. The van der Waals surface area contributed by atoms with Gasteiger partial charge in [0.15, 0.2) is 0 Å². The van der Waals surface area contributed by atoms with Gasteiger partial charge in [-0.05, 0) is 83.9 Å². The fraction of sp³-hybridized carbons (Fsp3) is 0.0164. The molecule has 70 heavy (non-hydrogen) atoms. The van der Waals surface area contributed by atoms with Crippen molar-refractivity contribution >= 4 is 87.2 Å². The summed E-state index contributed by atoms with van der Waals surface area (Å²) in [5.41, 5.74) is 5.98. The molecule has 0 saturated carbocycles. The van der Waals surface area contributed by atoms with Crippen LogP contribution in [0.25, 0.3) is 121 Å². The van der Waals surface area contributed by atoms with Gasteiger partial charge in [-0.2, -0.15) is 13.2 Å². The van der Waals surface area contributed by atoms with Gasteiger partial charge in [-0.15, -0.1) is 0 Å². The maximum absolute atomic E-state index is 17.2. The Hall–Kier alpha value is -8.95. The van der Waals surface area contributed by atoms with Crippen LogP contribution in [0.4, 0.5) is 22.0 Å². The molecule has 0 aliphatic carbocycles. The number of benzene rings is 10. The topological polar surface area (TPSA) is 19.7 Å². The zero-order valence-corrected chi connectivity index (χ0v) is 36.9. The van der Waals surface area contributed by atoms with E-state index in [1.54, 1.807) is 9.13 Å². The minimum absolute atomic E-state index is 0.0855.